The normalized spacial score (nSPS) is 17.8. The highest BCUT2D eigenvalue weighted by Gasteiger charge is 2.41. The van der Waals surface area contributed by atoms with Crippen LogP contribution in [0.25, 0.3) is 0 Å². The van der Waals surface area contributed by atoms with Gasteiger partial charge in [0.2, 0.25) is 0 Å². The zero-order valence-corrected chi connectivity index (χ0v) is 15.8. The van der Waals surface area contributed by atoms with Gasteiger partial charge in [-0.3, -0.25) is 4.79 Å². The van der Waals surface area contributed by atoms with Gasteiger partial charge in [0, 0.05) is 24.8 Å². The molecule has 150 valence electrons. The fourth-order valence-electron chi connectivity index (χ4n) is 3.75. The quantitative estimate of drug-likeness (QED) is 0.810. The minimum Gasteiger partial charge on any atom is -0.324 e. The van der Waals surface area contributed by atoms with Crippen LogP contribution in [0.4, 0.5) is 25.4 Å². The first-order chi connectivity index (χ1) is 14.0. The van der Waals surface area contributed by atoms with Gasteiger partial charge in [-0.1, -0.05) is 18.2 Å². The Morgan fingerprint density at radius 1 is 0.966 bits per heavy atom. The fourth-order valence-corrected chi connectivity index (χ4v) is 3.75. The number of piperidine rings is 1. The molecule has 4 rings (SSSR count). The van der Waals surface area contributed by atoms with Crippen molar-refractivity contribution in [2.75, 3.05) is 29.9 Å². The maximum absolute atomic E-state index is 13.0. The van der Waals surface area contributed by atoms with E-state index in [-0.39, 0.29) is 36.4 Å². The third-order valence-corrected chi connectivity index (χ3v) is 5.29. The summed E-state index contributed by atoms with van der Waals surface area (Å²) < 4.78 is 13.0. The first-order valence-electron chi connectivity index (χ1n) is 9.53. The van der Waals surface area contributed by atoms with E-state index in [1.807, 2.05) is 6.07 Å². The summed E-state index contributed by atoms with van der Waals surface area (Å²) in [6.45, 7) is 1.00. The topological polar surface area (TPSA) is 73.0 Å². The number of benzene rings is 2. The van der Waals surface area contributed by atoms with E-state index in [1.165, 1.54) is 29.2 Å². The number of hydrogen-bond donors (Lipinski definition) is 1. The van der Waals surface area contributed by atoms with Crippen LogP contribution < -0.4 is 10.2 Å². The van der Waals surface area contributed by atoms with Crippen molar-refractivity contribution in [3.63, 3.8) is 0 Å². The summed E-state index contributed by atoms with van der Waals surface area (Å²) in [7, 11) is 0. The van der Waals surface area contributed by atoms with E-state index >= 15 is 0 Å². The highest BCUT2D eigenvalue weighted by Crippen LogP contribution is 2.26. The Morgan fingerprint density at radius 2 is 1.62 bits per heavy atom. The zero-order chi connectivity index (χ0) is 20.4. The second kappa shape index (κ2) is 7.90. The molecule has 2 aromatic carbocycles. The number of para-hydroxylation sites is 1. The lowest BCUT2D eigenvalue weighted by atomic mass is 10.0. The minimum absolute atomic E-state index is 0.0557. The molecule has 2 aromatic rings. The number of nitrogens with zero attached hydrogens (tertiary/aromatic N) is 3. The number of imide groups is 1. The van der Waals surface area contributed by atoms with Crippen LogP contribution in [0.15, 0.2) is 54.6 Å². The van der Waals surface area contributed by atoms with Crippen molar-refractivity contribution in [2.45, 2.75) is 18.9 Å². The molecule has 2 heterocycles. The highest BCUT2D eigenvalue weighted by atomic mass is 19.1. The van der Waals surface area contributed by atoms with Gasteiger partial charge in [-0.15, -0.1) is 0 Å². The van der Waals surface area contributed by atoms with Crippen molar-refractivity contribution < 1.29 is 18.8 Å². The average Bonchev–Trinajstić information content (AvgIpc) is 3.04. The summed E-state index contributed by atoms with van der Waals surface area (Å²) in [5, 5.41) is 2.75. The van der Waals surface area contributed by atoms with Gasteiger partial charge in [0.15, 0.2) is 0 Å². The number of carbonyl (C=O) groups is 3. The smallest absolute Gasteiger partial charge is 0.324 e. The van der Waals surface area contributed by atoms with Crippen LogP contribution in [0, 0.1) is 5.82 Å². The first kappa shape index (κ1) is 18.9. The van der Waals surface area contributed by atoms with Crippen molar-refractivity contribution in [3.8, 4) is 0 Å². The van der Waals surface area contributed by atoms with E-state index in [4.69, 9.17) is 0 Å². The molecule has 0 spiro atoms. The lowest BCUT2D eigenvalue weighted by molar-refractivity contribution is -0.116. The summed E-state index contributed by atoms with van der Waals surface area (Å²) >= 11 is 0. The third-order valence-electron chi connectivity index (χ3n) is 5.29. The molecular weight excluding hydrogens is 375 g/mol. The number of halogens is 1. The molecule has 5 amide bonds. The van der Waals surface area contributed by atoms with Crippen LogP contribution >= 0.6 is 0 Å². The second-order valence-electron chi connectivity index (χ2n) is 7.13. The van der Waals surface area contributed by atoms with E-state index < -0.39 is 0 Å². The van der Waals surface area contributed by atoms with Gasteiger partial charge in [0.1, 0.15) is 12.4 Å². The second-order valence-corrected chi connectivity index (χ2v) is 7.13. The Labute approximate surface area is 167 Å². The molecule has 7 nitrogen and oxygen atoms in total. The van der Waals surface area contributed by atoms with Crippen LogP contribution in [-0.4, -0.2) is 53.4 Å². The summed E-state index contributed by atoms with van der Waals surface area (Å²) in [6.07, 6.45) is 1.19. The molecule has 0 saturated carbocycles. The van der Waals surface area contributed by atoms with Gasteiger partial charge < -0.3 is 15.1 Å². The van der Waals surface area contributed by atoms with Crippen molar-refractivity contribution in [1.82, 2.24) is 9.80 Å². The molecule has 2 aliphatic rings. The zero-order valence-electron chi connectivity index (χ0n) is 15.8. The highest BCUT2D eigenvalue weighted by molar-refractivity contribution is 6.19. The monoisotopic (exact) mass is 396 g/mol. The molecule has 0 radical (unpaired) electrons. The molecular formula is C21H21FN4O3. The molecule has 1 N–H and O–H groups in total. The Kier molecular flexibility index (Phi) is 5.16. The largest absolute Gasteiger partial charge is 0.332 e. The lowest BCUT2D eigenvalue weighted by Gasteiger charge is -2.36. The van der Waals surface area contributed by atoms with Crippen molar-refractivity contribution in [1.29, 1.82) is 0 Å². The number of hydrogen-bond acceptors (Lipinski definition) is 3. The summed E-state index contributed by atoms with van der Waals surface area (Å²) in [5.41, 5.74) is 1.10. The summed E-state index contributed by atoms with van der Waals surface area (Å²) in [4.78, 5) is 42.1. The SMILES string of the molecule is O=C(Nc1ccc(F)cc1)N1CCC(N2CC(=O)N(c3ccccc3)C2=O)CC1. The molecule has 2 aliphatic heterocycles. The molecule has 8 heteroatoms. The predicted molar refractivity (Wildman–Crippen MR) is 106 cm³/mol. The molecule has 2 fully saturated rings. The molecule has 29 heavy (non-hydrogen) atoms. The Bertz CT molecular complexity index is 911. The molecule has 0 aromatic heterocycles. The number of anilines is 2. The van der Waals surface area contributed by atoms with E-state index in [1.54, 1.807) is 34.1 Å². The number of likely N-dealkylation sites (tertiary alicyclic amines) is 1. The molecule has 0 bridgehead atoms. The first-order valence-corrected chi connectivity index (χ1v) is 9.53. The van der Waals surface area contributed by atoms with Crippen LogP contribution in [0.2, 0.25) is 0 Å². The Hall–Kier alpha value is -3.42. The van der Waals surface area contributed by atoms with E-state index in [2.05, 4.69) is 5.32 Å². The van der Waals surface area contributed by atoms with E-state index in [9.17, 15) is 18.8 Å². The number of urea groups is 2. The van der Waals surface area contributed by atoms with E-state index in [0.717, 1.165) is 0 Å². The molecule has 2 saturated heterocycles. The Morgan fingerprint density at radius 3 is 2.28 bits per heavy atom. The number of nitrogens with one attached hydrogen (secondary N) is 1. The summed E-state index contributed by atoms with van der Waals surface area (Å²) in [5.74, 6) is -0.601. The maximum atomic E-state index is 13.0. The number of amides is 5. The van der Waals surface area contributed by atoms with Gasteiger partial charge in [0.05, 0.1) is 5.69 Å². The third kappa shape index (κ3) is 3.91. The van der Waals surface area contributed by atoms with Gasteiger partial charge in [-0.2, -0.15) is 0 Å². The Balaban J connectivity index is 1.35. The molecule has 0 atom stereocenters. The van der Waals surface area contributed by atoms with Crippen molar-refractivity contribution >= 4 is 29.3 Å². The van der Waals surface area contributed by atoms with Crippen molar-refractivity contribution in [2.24, 2.45) is 0 Å². The van der Waals surface area contributed by atoms with Crippen LogP contribution in [0.3, 0.4) is 0 Å². The van der Waals surface area contributed by atoms with Gasteiger partial charge in [0.25, 0.3) is 5.91 Å². The summed E-state index contributed by atoms with van der Waals surface area (Å²) in [6, 6.07) is 13.8. The lowest BCUT2D eigenvalue weighted by Crippen LogP contribution is -2.49. The maximum Gasteiger partial charge on any atom is 0.332 e. The standard InChI is InChI=1S/C21H21FN4O3/c22-15-6-8-16(9-7-15)23-20(28)24-12-10-17(11-13-24)25-14-19(27)26(21(25)29)18-4-2-1-3-5-18/h1-9,17H,10-14H2,(H,23,28). The van der Waals surface area contributed by atoms with Gasteiger partial charge >= 0.3 is 12.1 Å². The predicted octanol–water partition coefficient (Wildman–Crippen LogP) is 3.29. The number of rotatable bonds is 3. The van der Waals surface area contributed by atoms with Gasteiger partial charge in [-0.25, -0.2) is 18.9 Å². The fraction of sp³-hybridized carbons (Fsp3) is 0.286. The van der Waals surface area contributed by atoms with E-state index in [0.29, 0.717) is 37.3 Å². The average molecular weight is 396 g/mol. The van der Waals surface area contributed by atoms with Crippen molar-refractivity contribution in [3.05, 3.63) is 60.4 Å². The van der Waals surface area contributed by atoms with Crippen LogP contribution in [0.5, 0.6) is 0 Å². The van der Waals surface area contributed by atoms with Crippen LogP contribution in [-0.2, 0) is 4.79 Å². The minimum atomic E-state index is -0.363. The van der Waals surface area contributed by atoms with Crippen LogP contribution in [0.1, 0.15) is 12.8 Å². The van der Waals surface area contributed by atoms with Gasteiger partial charge in [-0.05, 0) is 49.2 Å². The molecule has 0 aliphatic carbocycles. The number of carbonyl (C=O) groups excluding carboxylic acids is 3. The molecule has 0 unspecified atom stereocenters.